The van der Waals surface area contributed by atoms with Gasteiger partial charge in [-0.15, -0.1) is 0 Å². The van der Waals surface area contributed by atoms with Crippen LogP contribution < -0.4 is 10.6 Å². The van der Waals surface area contributed by atoms with Gasteiger partial charge in [-0.3, -0.25) is 0 Å². The van der Waals surface area contributed by atoms with Crippen LogP contribution in [-0.2, 0) is 6.42 Å². The Bertz CT molecular complexity index is 429. The van der Waals surface area contributed by atoms with Crippen LogP contribution in [0.5, 0.6) is 0 Å². The molecule has 5 nitrogen and oxygen atoms in total. The standard InChI is InChI=1S/C16H31N5/c1-7-10-14-19-15(17-6)13(5)16(20-14)18-12(4)11-21(8-2)9-3/h12H,7-11H2,1-6H3,(H2,17,18,19,20). The summed E-state index contributed by atoms with van der Waals surface area (Å²) in [6, 6.07) is 0.359. The summed E-state index contributed by atoms with van der Waals surface area (Å²) in [7, 11) is 1.91. The van der Waals surface area contributed by atoms with Crippen molar-refractivity contribution >= 4 is 11.6 Å². The van der Waals surface area contributed by atoms with E-state index < -0.39 is 0 Å². The summed E-state index contributed by atoms with van der Waals surface area (Å²) in [5.74, 6) is 2.79. The highest BCUT2D eigenvalue weighted by molar-refractivity contribution is 5.57. The Morgan fingerprint density at radius 3 is 2.24 bits per heavy atom. The monoisotopic (exact) mass is 293 g/mol. The number of likely N-dealkylation sites (N-methyl/N-ethyl adjacent to an activating group) is 1. The van der Waals surface area contributed by atoms with E-state index in [1.54, 1.807) is 0 Å². The molecule has 0 aromatic carbocycles. The number of anilines is 2. The molecule has 1 aromatic rings. The van der Waals surface area contributed by atoms with Crippen molar-refractivity contribution in [2.24, 2.45) is 0 Å². The van der Waals surface area contributed by atoms with Crippen LogP contribution in [0, 0.1) is 6.92 Å². The van der Waals surface area contributed by atoms with E-state index in [2.05, 4.69) is 60.1 Å². The zero-order valence-corrected chi connectivity index (χ0v) is 14.5. The second-order valence-corrected chi connectivity index (χ2v) is 5.49. The van der Waals surface area contributed by atoms with Gasteiger partial charge in [0.25, 0.3) is 0 Å². The number of hydrogen-bond acceptors (Lipinski definition) is 5. The first kappa shape index (κ1) is 17.7. The first-order valence-corrected chi connectivity index (χ1v) is 8.09. The van der Waals surface area contributed by atoms with Gasteiger partial charge in [-0.1, -0.05) is 20.8 Å². The van der Waals surface area contributed by atoms with Crippen molar-refractivity contribution < 1.29 is 0 Å². The molecule has 0 aliphatic rings. The molecule has 1 atom stereocenters. The fourth-order valence-electron chi connectivity index (χ4n) is 2.43. The molecule has 0 fully saturated rings. The summed E-state index contributed by atoms with van der Waals surface area (Å²) < 4.78 is 0. The maximum atomic E-state index is 4.69. The van der Waals surface area contributed by atoms with E-state index in [9.17, 15) is 0 Å². The lowest BCUT2D eigenvalue weighted by Gasteiger charge is -2.24. The molecule has 0 bridgehead atoms. The summed E-state index contributed by atoms with van der Waals surface area (Å²) in [6.07, 6.45) is 1.97. The van der Waals surface area contributed by atoms with Crippen LogP contribution in [0.4, 0.5) is 11.6 Å². The Morgan fingerprint density at radius 1 is 1.10 bits per heavy atom. The molecular weight excluding hydrogens is 262 g/mol. The minimum absolute atomic E-state index is 0.359. The molecule has 0 amide bonds. The summed E-state index contributed by atoms with van der Waals surface area (Å²) in [5.41, 5.74) is 1.09. The summed E-state index contributed by atoms with van der Waals surface area (Å²) in [4.78, 5) is 11.7. The third kappa shape index (κ3) is 5.16. The Labute approximate surface area is 129 Å². The molecule has 21 heavy (non-hydrogen) atoms. The third-order valence-electron chi connectivity index (χ3n) is 3.71. The van der Waals surface area contributed by atoms with Crippen LogP contribution in [0.15, 0.2) is 0 Å². The first-order chi connectivity index (χ1) is 10.0. The van der Waals surface area contributed by atoms with Crippen molar-refractivity contribution in [3.63, 3.8) is 0 Å². The Balaban J connectivity index is 2.87. The van der Waals surface area contributed by atoms with Crippen molar-refractivity contribution in [1.82, 2.24) is 14.9 Å². The fourth-order valence-corrected chi connectivity index (χ4v) is 2.43. The van der Waals surface area contributed by atoms with Gasteiger partial charge in [-0.25, -0.2) is 9.97 Å². The van der Waals surface area contributed by atoms with Crippen molar-refractivity contribution in [3.05, 3.63) is 11.4 Å². The van der Waals surface area contributed by atoms with Crippen LogP contribution in [0.1, 0.15) is 45.5 Å². The summed E-state index contributed by atoms with van der Waals surface area (Å²) in [5, 5.41) is 6.72. The third-order valence-corrected chi connectivity index (χ3v) is 3.71. The van der Waals surface area contributed by atoms with Crippen molar-refractivity contribution in [2.45, 2.75) is 53.5 Å². The van der Waals surface area contributed by atoms with Crippen LogP contribution in [0.2, 0.25) is 0 Å². The van der Waals surface area contributed by atoms with Gasteiger partial charge in [0.15, 0.2) is 0 Å². The van der Waals surface area contributed by atoms with Gasteiger partial charge in [0, 0.05) is 31.6 Å². The van der Waals surface area contributed by atoms with Crippen LogP contribution in [-0.4, -0.2) is 47.6 Å². The molecule has 0 saturated heterocycles. The number of aryl methyl sites for hydroxylation is 1. The zero-order chi connectivity index (χ0) is 15.8. The molecule has 5 heteroatoms. The molecule has 1 aromatic heterocycles. The molecule has 0 radical (unpaired) electrons. The van der Waals surface area contributed by atoms with Crippen LogP contribution >= 0.6 is 0 Å². The minimum atomic E-state index is 0.359. The fraction of sp³-hybridized carbons (Fsp3) is 0.750. The van der Waals surface area contributed by atoms with Gasteiger partial charge in [0.05, 0.1) is 0 Å². The van der Waals surface area contributed by atoms with Crippen molar-refractivity contribution in [1.29, 1.82) is 0 Å². The molecule has 0 spiro atoms. The van der Waals surface area contributed by atoms with E-state index in [-0.39, 0.29) is 0 Å². The van der Waals surface area contributed by atoms with E-state index in [1.807, 2.05) is 7.05 Å². The van der Waals surface area contributed by atoms with Crippen LogP contribution in [0.25, 0.3) is 0 Å². The zero-order valence-electron chi connectivity index (χ0n) is 14.5. The second kappa shape index (κ2) is 8.82. The SMILES string of the molecule is CCCc1nc(NC)c(C)c(NC(C)CN(CC)CC)n1. The van der Waals surface area contributed by atoms with E-state index in [4.69, 9.17) is 0 Å². The van der Waals surface area contributed by atoms with Gasteiger partial charge >= 0.3 is 0 Å². The average molecular weight is 293 g/mol. The van der Waals surface area contributed by atoms with E-state index in [0.29, 0.717) is 6.04 Å². The lowest BCUT2D eigenvalue weighted by molar-refractivity contribution is 0.294. The molecule has 0 aliphatic heterocycles. The van der Waals surface area contributed by atoms with E-state index >= 15 is 0 Å². The van der Waals surface area contributed by atoms with Gasteiger partial charge in [-0.05, 0) is 33.4 Å². The summed E-state index contributed by atoms with van der Waals surface area (Å²) in [6.45, 7) is 14.0. The summed E-state index contributed by atoms with van der Waals surface area (Å²) >= 11 is 0. The second-order valence-electron chi connectivity index (χ2n) is 5.49. The number of nitrogens with zero attached hydrogens (tertiary/aromatic N) is 3. The predicted octanol–water partition coefficient (Wildman–Crippen LogP) is 2.92. The average Bonchev–Trinajstić information content (AvgIpc) is 2.48. The number of hydrogen-bond donors (Lipinski definition) is 2. The maximum absolute atomic E-state index is 4.69. The minimum Gasteiger partial charge on any atom is -0.373 e. The molecule has 0 aliphatic carbocycles. The quantitative estimate of drug-likeness (QED) is 0.733. The van der Waals surface area contributed by atoms with Gasteiger partial charge in [-0.2, -0.15) is 0 Å². The molecule has 1 rings (SSSR count). The highest BCUT2D eigenvalue weighted by atomic mass is 15.2. The van der Waals surface area contributed by atoms with E-state index in [1.165, 1.54) is 0 Å². The van der Waals surface area contributed by atoms with Crippen molar-refractivity contribution in [3.8, 4) is 0 Å². The normalized spacial score (nSPS) is 12.5. The lowest BCUT2D eigenvalue weighted by Crippen LogP contribution is -2.35. The number of rotatable bonds is 9. The Kier molecular flexibility index (Phi) is 7.43. The largest absolute Gasteiger partial charge is 0.373 e. The van der Waals surface area contributed by atoms with Crippen LogP contribution in [0.3, 0.4) is 0 Å². The van der Waals surface area contributed by atoms with Gasteiger partial charge < -0.3 is 15.5 Å². The molecule has 120 valence electrons. The smallest absolute Gasteiger partial charge is 0.135 e. The number of aromatic nitrogens is 2. The topological polar surface area (TPSA) is 53.1 Å². The lowest BCUT2D eigenvalue weighted by atomic mass is 10.2. The molecule has 0 saturated carbocycles. The Hall–Kier alpha value is -1.36. The molecular formula is C16H31N5. The molecule has 2 N–H and O–H groups in total. The highest BCUT2D eigenvalue weighted by Gasteiger charge is 2.13. The predicted molar refractivity (Wildman–Crippen MR) is 91.2 cm³/mol. The highest BCUT2D eigenvalue weighted by Crippen LogP contribution is 2.21. The van der Waals surface area contributed by atoms with Gasteiger partial charge in [0.2, 0.25) is 0 Å². The van der Waals surface area contributed by atoms with E-state index in [0.717, 1.165) is 55.5 Å². The number of nitrogens with one attached hydrogen (secondary N) is 2. The maximum Gasteiger partial charge on any atom is 0.135 e. The van der Waals surface area contributed by atoms with Gasteiger partial charge in [0.1, 0.15) is 17.5 Å². The Morgan fingerprint density at radius 2 is 1.71 bits per heavy atom. The van der Waals surface area contributed by atoms with Crippen molar-refractivity contribution in [2.75, 3.05) is 37.3 Å². The molecule has 1 heterocycles. The first-order valence-electron chi connectivity index (χ1n) is 8.09. The molecule has 1 unspecified atom stereocenters.